The van der Waals surface area contributed by atoms with Crippen LogP contribution in [-0.4, -0.2) is 21.4 Å². The number of hydrogen-bond acceptors (Lipinski definition) is 4. The Labute approximate surface area is 147 Å². The van der Waals surface area contributed by atoms with E-state index in [1.54, 1.807) is 41.3 Å². The first-order valence-corrected chi connectivity index (χ1v) is 8.52. The number of carbonyl (C=O) groups excluding carboxylic acids is 2. The van der Waals surface area contributed by atoms with Crippen LogP contribution < -0.4 is 5.43 Å². The summed E-state index contributed by atoms with van der Waals surface area (Å²) in [6.07, 6.45) is 1.55. The summed E-state index contributed by atoms with van der Waals surface area (Å²) < 4.78 is 1.56. The van der Waals surface area contributed by atoms with Crippen LogP contribution in [0.4, 0.5) is 0 Å². The highest BCUT2D eigenvalue weighted by atomic mass is 32.1. The summed E-state index contributed by atoms with van der Waals surface area (Å²) in [5.74, 6) is -0.514. The molecule has 0 spiro atoms. The zero-order valence-corrected chi connectivity index (χ0v) is 13.9. The highest BCUT2D eigenvalue weighted by molar-refractivity contribution is 7.12. The van der Waals surface area contributed by atoms with Gasteiger partial charge in [-0.15, -0.1) is 11.3 Å². The Morgan fingerprint density at radius 1 is 0.920 bits per heavy atom. The van der Waals surface area contributed by atoms with Crippen molar-refractivity contribution in [1.82, 2.24) is 9.66 Å². The largest absolute Gasteiger partial charge is 0.288 e. The van der Waals surface area contributed by atoms with Crippen LogP contribution in [0.2, 0.25) is 0 Å². The van der Waals surface area contributed by atoms with Crippen molar-refractivity contribution >= 4 is 34.1 Å². The van der Waals surface area contributed by atoms with Gasteiger partial charge in [0, 0.05) is 5.56 Å². The zero-order chi connectivity index (χ0) is 17.2. The van der Waals surface area contributed by atoms with Gasteiger partial charge in [-0.1, -0.05) is 36.4 Å². The monoisotopic (exact) mass is 347 g/mol. The molecule has 0 radical (unpaired) electrons. The minimum absolute atomic E-state index is 0.156. The van der Waals surface area contributed by atoms with Gasteiger partial charge in [-0.05, 0) is 29.6 Å². The third-order valence-electron chi connectivity index (χ3n) is 3.84. The number of aromatic nitrogens is 2. The predicted molar refractivity (Wildman–Crippen MR) is 97.6 cm³/mol. The first-order chi connectivity index (χ1) is 12.2. The standard InChI is InChI=1S/C19H13N3O2S/c23-18(17-10-5-11-25-17)13-6-1-2-7-14(13)19(24)21-22-12-20-15-8-3-4-9-16(15)22/h1-12H,(H,21,24). The summed E-state index contributed by atoms with van der Waals surface area (Å²) in [5.41, 5.74) is 5.07. The molecule has 25 heavy (non-hydrogen) atoms. The molecule has 122 valence electrons. The Balaban J connectivity index is 1.68. The maximum atomic E-state index is 12.7. The second-order valence-corrected chi connectivity index (χ2v) is 6.34. The minimum atomic E-state index is -0.358. The zero-order valence-electron chi connectivity index (χ0n) is 13.0. The first kappa shape index (κ1) is 15.3. The second kappa shape index (κ2) is 6.33. The molecule has 0 atom stereocenters. The van der Waals surface area contributed by atoms with E-state index in [1.807, 2.05) is 35.7 Å². The van der Waals surface area contributed by atoms with E-state index in [1.165, 1.54) is 11.3 Å². The smallest absolute Gasteiger partial charge is 0.270 e. The van der Waals surface area contributed by atoms with Crippen LogP contribution in [0.3, 0.4) is 0 Å². The molecule has 6 heteroatoms. The lowest BCUT2D eigenvalue weighted by Crippen LogP contribution is -2.24. The van der Waals surface area contributed by atoms with Gasteiger partial charge in [0.15, 0.2) is 0 Å². The molecule has 4 rings (SSSR count). The van der Waals surface area contributed by atoms with E-state index in [4.69, 9.17) is 0 Å². The number of imidazole rings is 1. The molecule has 0 unspecified atom stereocenters. The molecule has 2 aromatic heterocycles. The molecule has 0 aliphatic rings. The van der Waals surface area contributed by atoms with Crippen molar-refractivity contribution in [2.75, 3.05) is 5.43 Å². The Kier molecular flexibility index (Phi) is 3.87. The third-order valence-corrected chi connectivity index (χ3v) is 4.71. The molecule has 0 saturated heterocycles. The lowest BCUT2D eigenvalue weighted by Gasteiger charge is -2.10. The molecular weight excluding hydrogens is 334 g/mol. The maximum Gasteiger partial charge on any atom is 0.270 e. The van der Waals surface area contributed by atoms with Crippen molar-refractivity contribution in [1.29, 1.82) is 0 Å². The van der Waals surface area contributed by atoms with Crippen LogP contribution >= 0.6 is 11.3 Å². The van der Waals surface area contributed by atoms with Gasteiger partial charge in [-0.2, -0.15) is 0 Å². The topological polar surface area (TPSA) is 64.0 Å². The summed E-state index contributed by atoms with van der Waals surface area (Å²) in [6, 6.07) is 17.9. The number of rotatable bonds is 4. The molecular formula is C19H13N3O2S. The molecule has 0 bridgehead atoms. The van der Waals surface area contributed by atoms with E-state index in [9.17, 15) is 9.59 Å². The highest BCUT2D eigenvalue weighted by Crippen LogP contribution is 2.19. The average Bonchev–Trinajstić information content (AvgIpc) is 3.32. The van der Waals surface area contributed by atoms with Crippen molar-refractivity contribution in [2.45, 2.75) is 0 Å². The van der Waals surface area contributed by atoms with Gasteiger partial charge in [-0.3, -0.25) is 15.0 Å². The molecule has 0 fully saturated rings. The SMILES string of the molecule is O=C(Nn1cnc2ccccc21)c1ccccc1C(=O)c1cccs1. The van der Waals surface area contributed by atoms with Crippen molar-refractivity contribution < 1.29 is 9.59 Å². The number of nitrogens with zero attached hydrogens (tertiary/aromatic N) is 2. The van der Waals surface area contributed by atoms with Gasteiger partial charge >= 0.3 is 0 Å². The van der Waals surface area contributed by atoms with E-state index < -0.39 is 0 Å². The Morgan fingerprint density at radius 3 is 2.48 bits per heavy atom. The van der Waals surface area contributed by atoms with Crippen LogP contribution in [0, 0.1) is 0 Å². The quantitative estimate of drug-likeness (QED) is 0.572. The van der Waals surface area contributed by atoms with Crippen molar-refractivity contribution in [3.63, 3.8) is 0 Å². The Bertz CT molecular complexity index is 1070. The molecule has 2 aromatic carbocycles. The number of para-hydroxylation sites is 2. The molecule has 1 N–H and O–H groups in total. The summed E-state index contributed by atoms with van der Waals surface area (Å²) >= 11 is 1.36. The van der Waals surface area contributed by atoms with Gasteiger partial charge in [0.05, 0.1) is 21.5 Å². The molecule has 0 aliphatic heterocycles. The highest BCUT2D eigenvalue weighted by Gasteiger charge is 2.19. The van der Waals surface area contributed by atoms with E-state index in [-0.39, 0.29) is 11.7 Å². The number of fused-ring (bicyclic) bond motifs is 1. The Morgan fingerprint density at radius 2 is 1.68 bits per heavy atom. The van der Waals surface area contributed by atoms with E-state index in [2.05, 4.69) is 10.4 Å². The number of carbonyl (C=O) groups is 2. The predicted octanol–water partition coefficient (Wildman–Crippen LogP) is 3.71. The van der Waals surface area contributed by atoms with Gasteiger partial charge in [-0.25, -0.2) is 9.66 Å². The minimum Gasteiger partial charge on any atom is -0.288 e. The van der Waals surface area contributed by atoms with Crippen LogP contribution in [0.15, 0.2) is 72.4 Å². The fraction of sp³-hybridized carbons (Fsp3) is 0. The molecule has 5 nitrogen and oxygen atoms in total. The molecule has 4 aromatic rings. The van der Waals surface area contributed by atoms with Crippen LogP contribution in [0.25, 0.3) is 11.0 Å². The number of benzene rings is 2. The Hall–Kier alpha value is -3.25. The van der Waals surface area contributed by atoms with Gasteiger partial charge < -0.3 is 0 Å². The number of hydrogen-bond donors (Lipinski definition) is 1. The van der Waals surface area contributed by atoms with Gasteiger partial charge in [0.1, 0.15) is 6.33 Å². The van der Waals surface area contributed by atoms with Gasteiger partial charge in [0.2, 0.25) is 5.78 Å². The van der Waals surface area contributed by atoms with Crippen LogP contribution in [0.1, 0.15) is 25.6 Å². The first-order valence-electron chi connectivity index (χ1n) is 7.65. The fourth-order valence-corrected chi connectivity index (χ4v) is 3.32. The number of amides is 1. The summed E-state index contributed by atoms with van der Waals surface area (Å²) in [4.78, 5) is 30.3. The van der Waals surface area contributed by atoms with E-state index in [0.29, 0.717) is 16.0 Å². The molecule has 0 aliphatic carbocycles. The summed E-state index contributed by atoms with van der Waals surface area (Å²) in [5, 5.41) is 1.84. The summed E-state index contributed by atoms with van der Waals surface area (Å²) in [7, 11) is 0. The number of ketones is 1. The normalized spacial score (nSPS) is 10.7. The van der Waals surface area contributed by atoms with Crippen LogP contribution in [-0.2, 0) is 0 Å². The lowest BCUT2D eigenvalue weighted by molar-refractivity contribution is 0.0988. The average molecular weight is 347 g/mol. The van der Waals surface area contributed by atoms with Gasteiger partial charge in [0.25, 0.3) is 5.91 Å². The summed E-state index contributed by atoms with van der Waals surface area (Å²) in [6.45, 7) is 0. The van der Waals surface area contributed by atoms with Crippen molar-refractivity contribution in [3.8, 4) is 0 Å². The maximum absolute atomic E-state index is 12.7. The van der Waals surface area contributed by atoms with Crippen molar-refractivity contribution in [2.24, 2.45) is 0 Å². The third kappa shape index (κ3) is 2.83. The van der Waals surface area contributed by atoms with E-state index in [0.717, 1.165) is 11.0 Å². The lowest BCUT2D eigenvalue weighted by atomic mass is 10.0. The fourth-order valence-electron chi connectivity index (χ4n) is 2.64. The molecule has 2 heterocycles. The molecule has 0 saturated carbocycles. The number of nitrogens with one attached hydrogen (secondary N) is 1. The molecule has 1 amide bonds. The van der Waals surface area contributed by atoms with Crippen molar-refractivity contribution in [3.05, 3.63) is 88.4 Å². The second-order valence-electron chi connectivity index (χ2n) is 5.40. The van der Waals surface area contributed by atoms with E-state index >= 15 is 0 Å². The number of thiophene rings is 1. The van der Waals surface area contributed by atoms with Crippen LogP contribution in [0.5, 0.6) is 0 Å².